The summed E-state index contributed by atoms with van der Waals surface area (Å²) in [4.78, 5) is 33.5. The van der Waals surface area contributed by atoms with Crippen LogP contribution in [0.1, 0.15) is 27.7 Å². The van der Waals surface area contributed by atoms with Crippen LogP contribution in [0, 0.1) is 0 Å². The number of aliphatic hydroxyl groups is 1. The van der Waals surface area contributed by atoms with Crippen LogP contribution in [0.25, 0.3) is 0 Å². The number of hydrogen-bond acceptors (Lipinski definition) is 7. The molecule has 0 radical (unpaired) electrons. The van der Waals surface area contributed by atoms with Crippen LogP contribution < -0.4 is 5.32 Å². The van der Waals surface area contributed by atoms with Crippen LogP contribution in [-0.2, 0) is 28.6 Å². The van der Waals surface area contributed by atoms with Crippen molar-refractivity contribution in [2.24, 2.45) is 0 Å². The Morgan fingerprint density at radius 2 is 1.55 bits per heavy atom. The van der Waals surface area contributed by atoms with E-state index in [0.29, 0.717) is 0 Å². The summed E-state index contributed by atoms with van der Waals surface area (Å²) in [5.74, 6) is -1.63. The third kappa shape index (κ3) is 4.17. The first-order valence-electron chi connectivity index (χ1n) is 6.17. The van der Waals surface area contributed by atoms with E-state index in [1.54, 1.807) is 6.92 Å². The first-order valence-corrected chi connectivity index (χ1v) is 6.17. The Morgan fingerprint density at radius 3 is 2.00 bits per heavy atom. The average Bonchev–Trinajstić information content (AvgIpc) is 2.27. The number of aliphatic hydroxyl groups excluding tert-OH is 1. The molecule has 2 N–H and O–H groups in total. The molecule has 0 saturated carbocycles. The number of ether oxygens (including phenoxy) is 3. The summed E-state index contributed by atoms with van der Waals surface area (Å²) >= 11 is 0. The lowest BCUT2D eigenvalue weighted by atomic mass is 9.96. The van der Waals surface area contributed by atoms with Crippen molar-refractivity contribution in [2.45, 2.75) is 58.3 Å². The fourth-order valence-electron chi connectivity index (χ4n) is 2.11. The van der Waals surface area contributed by atoms with Crippen LogP contribution in [-0.4, -0.2) is 53.6 Å². The van der Waals surface area contributed by atoms with Crippen molar-refractivity contribution in [1.82, 2.24) is 5.32 Å². The second-order valence-electron chi connectivity index (χ2n) is 4.61. The molecule has 8 heteroatoms. The van der Waals surface area contributed by atoms with Crippen LogP contribution in [0.5, 0.6) is 0 Å². The zero-order chi connectivity index (χ0) is 15.4. The van der Waals surface area contributed by atoms with Gasteiger partial charge >= 0.3 is 11.9 Å². The summed E-state index contributed by atoms with van der Waals surface area (Å²) in [5.41, 5.74) is 0. The molecule has 20 heavy (non-hydrogen) atoms. The van der Waals surface area contributed by atoms with Gasteiger partial charge in [-0.3, -0.25) is 14.4 Å². The monoisotopic (exact) mass is 289 g/mol. The van der Waals surface area contributed by atoms with Crippen molar-refractivity contribution in [2.75, 3.05) is 0 Å². The zero-order valence-corrected chi connectivity index (χ0v) is 11.8. The maximum atomic E-state index is 11.3. The highest BCUT2D eigenvalue weighted by atomic mass is 16.7. The maximum Gasteiger partial charge on any atom is 0.303 e. The van der Waals surface area contributed by atoms with E-state index in [1.807, 2.05) is 0 Å². The van der Waals surface area contributed by atoms with Gasteiger partial charge in [-0.1, -0.05) is 0 Å². The van der Waals surface area contributed by atoms with Gasteiger partial charge in [-0.05, 0) is 6.92 Å². The predicted molar refractivity (Wildman–Crippen MR) is 65.3 cm³/mol. The van der Waals surface area contributed by atoms with Crippen molar-refractivity contribution < 1.29 is 33.7 Å². The molecular formula is C12H19NO7. The molecule has 0 aromatic heterocycles. The Balaban J connectivity index is 3.01. The molecule has 1 amide bonds. The van der Waals surface area contributed by atoms with Gasteiger partial charge in [-0.15, -0.1) is 0 Å². The van der Waals surface area contributed by atoms with Crippen LogP contribution in [0.3, 0.4) is 0 Å². The summed E-state index contributed by atoms with van der Waals surface area (Å²) in [6.45, 7) is 5.22. The van der Waals surface area contributed by atoms with Gasteiger partial charge in [-0.25, -0.2) is 0 Å². The lowest BCUT2D eigenvalue weighted by molar-refractivity contribution is -0.261. The largest absolute Gasteiger partial charge is 0.457 e. The van der Waals surface area contributed by atoms with Gasteiger partial charge < -0.3 is 24.6 Å². The normalized spacial score (nSPS) is 33.1. The highest BCUT2D eigenvalue weighted by molar-refractivity contribution is 5.74. The molecule has 114 valence electrons. The number of carbonyl (C=O) groups is 3. The molecule has 8 nitrogen and oxygen atoms in total. The Bertz CT molecular complexity index is 369. The minimum Gasteiger partial charge on any atom is -0.457 e. The number of carbonyl (C=O) groups excluding carboxylic acids is 3. The minimum absolute atomic E-state index is 0.411. The highest BCUT2D eigenvalue weighted by Gasteiger charge is 2.48. The van der Waals surface area contributed by atoms with E-state index in [-0.39, 0.29) is 0 Å². The standard InChI is InChI=1S/C12H19NO7/c1-5-10(19-7(3)15)9(13-6(2)14)11(12(17)18-5)20-8(4)16/h5,9-12,17H,1-4H3,(H,13,14)/t5-,9+,10+,11-,12-/m1/s1. The van der Waals surface area contributed by atoms with Gasteiger partial charge in [0, 0.05) is 20.8 Å². The number of nitrogens with one attached hydrogen (secondary N) is 1. The van der Waals surface area contributed by atoms with Gasteiger partial charge in [0.15, 0.2) is 18.5 Å². The average molecular weight is 289 g/mol. The van der Waals surface area contributed by atoms with Crippen LogP contribution in [0.15, 0.2) is 0 Å². The maximum absolute atomic E-state index is 11.3. The summed E-state index contributed by atoms with van der Waals surface area (Å²) in [6, 6.07) is -0.890. The van der Waals surface area contributed by atoms with Crippen molar-refractivity contribution in [3.63, 3.8) is 0 Å². The van der Waals surface area contributed by atoms with E-state index in [2.05, 4.69) is 5.32 Å². The summed E-state index contributed by atoms with van der Waals surface area (Å²) in [7, 11) is 0. The van der Waals surface area contributed by atoms with Gasteiger partial charge in [0.05, 0.1) is 6.10 Å². The van der Waals surface area contributed by atoms with Crippen LogP contribution in [0.4, 0.5) is 0 Å². The van der Waals surface area contributed by atoms with Crippen LogP contribution >= 0.6 is 0 Å². The van der Waals surface area contributed by atoms with Gasteiger partial charge in [0.25, 0.3) is 0 Å². The molecule has 1 aliphatic rings. The quantitative estimate of drug-likeness (QED) is 0.647. The minimum atomic E-state index is -1.42. The van der Waals surface area contributed by atoms with Crippen LogP contribution in [0.2, 0.25) is 0 Å². The lowest BCUT2D eigenvalue weighted by Crippen LogP contribution is -2.65. The second-order valence-corrected chi connectivity index (χ2v) is 4.61. The van der Waals surface area contributed by atoms with Gasteiger partial charge in [0.2, 0.25) is 5.91 Å². The molecular weight excluding hydrogens is 270 g/mol. The first kappa shape index (κ1) is 16.4. The number of esters is 2. The zero-order valence-electron chi connectivity index (χ0n) is 11.8. The molecule has 1 saturated heterocycles. The number of hydrogen-bond donors (Lipinski definition) is 2. The highest BCUT2D eigenvalue weighted by Crippen LogP contribution is 2.25. The second kappa shape index (κ2) is 6.67. The van der Waals surface area contributed by atoms with Crippen molar-refractivity contribution in [3.05, 3.63) is 0 Å². The summed E-state index contributed by atoms with van der Waals surface area (Å²) in [6.07, 6.45) is -4.11. The van der Waals surface area contributed by atoms with Gasteiger partial charge in [0.1, 0.15) is 6.04 Å². The summed E-state index contributed by atoms with van der Waals surface area (Å²) in [5, 5.41) is 12.4. The Morgan fingerprint density at radius 1 is 1.05 bits per heavy atom. The van der Waals surface area contributed by atoms with Gasteiger partial charge in [-0.2, -0.15) is 0 Å². The molecule has 1 rings (SSSR count). The molecule has 1 aliphatic heterocycles. The number of amides is 1. The first-order chi connectivity index (χ1) is 9.22. The van der Waals surface area contributed by atoms with E-state index in [4.69, 9.17) is 14.2 Å². The molecule has 0 unspecified atom stereocenters. The lowest BCUT2D eigenvalue weighted by Gasteiger charge is -2.42. The Labute approximate surface area is 116 Å². The van der Waals surface area contributed by atoms with E-state index < -0.39 is 48.5 Å². The fourth-order valence-corrected chi connectivity index (χ4v) is 2.11. The van der Waals surface area contributed by atoms with Crippen molar-refractivity contribution >= 4 is 17.8 Å². The third-order valence-electron chi connectivity index (χ3n) is 2.78. The van der Waals surface area contributed by atoms with E-state index in [0.717, 1.165) is 6.92 Å². The molecule has 0 spiro atoms. The molecule has 0 aromatic rings. The Kier molecular flexibility index (Phi) is 5.46. The van der Waals surface area contributed by atoms with Crippen molar-refractivity contribution in [1.29, 1.82) is 0 Å². The molecule has 0 aliphatic carbocycles. The molecule has 0 bridgehead atoms. The molecule has 0 aromatic carbocycles. The van der Waals surface area contributed by atoms with E-state index in [1.165, 1.54) is 13.8 Å². The van der Waals surface area contributed by atoms with E-state index in [9.17, 15) is 19.5 Å². The SMILES string of the molecule is CC(=O)N[C@@H]1[C@@H](OC(C)=O)[C@H](O)O[C@H](C)[C@@H]1OC(C)=O. The van der Waals surface area contributed by atoms with E-state index >= 15 is 0 Å². The predicted octanol–water partition coefficient (Wildman–Crippen LogP) is -0.908. The summed E-state index contributed by atoms with van der Waals surface area (Å²) < 4.78 is 15.2. The fraction of sp³-hybridized carbons (Fsp3) is 0.750. The Hall–Kier alpha value is -1.67. The molecule has 5 atom stereocenters. The number of rotatable bonds is 3. The third-order valence-corrected chi connectivity index (χ3v) is 2.78. The topological polar surface area (TPSA) is 111 Å². The molecule has 1 fully saturated rings. The molecule has 1 heterocycles. The smallest absolute Gasteiger partial charge is 0.303 e. The van der Waals surface area contributed by atoms with Crippen molar-refractivity contribution in [3.8, 4) is 0 Å².